The summed E-state index contributed by atoms with van der Waals surface area (Å²) in [5.74, 6) is 1.65. The molecule has 0 saturated carbocycles. The van der Waals surface area contributed by atoms with E-state index < -0.39 is 0 Å². The number of nitrogens with one attached hydrogen (secondary N) is 2. The number of hydrogen-bond acceptors (Lipinski definition) is 7. The molecule has 2 aliphatic carbocycles. The maximum Gasteiger partial charge on any atom is 0.182 e. The molecule has 0 radical (unpaired) electrons. The zero-order valence-corrected chi connectivity index (χ0v) is 32.3. The lowest BCUT2D eigenvalue weighted by atomic mass is 9.83. The van der Waals surface area contributed by atoms with Crippen LogP contribution in [0.15, 0.2) is 99.9 Å². The summed E-state index contributed by atoms with van der Waals surface area (Å²) in [5, 5.41) is 7.41. The Kier molecular flexibility index (Phi) is 12.3. The van der Waals surface area contributed by atoms with E-state index in [4.69, 9.17) is 4.42 Å². The van der Waals surface area contributed by atoms with E-state index in [1.165, 1.54) is 33.6 Å². The first-order chi connectivity index (χ1) is 25.9. The third-order valence-corrected chi connectivity index (χ3v) is 11.4. The second kappa shape index (κ2) is 17.4. The van der Waals surface area contributed by atoms with E-state index in [9.17, 15) is 4.79 Å². The lowest BCUT2D eigenvalue weighted by Gasteiger charge is -2.27. The first kappa shape index (κ1) is 37.3. The Morgan fingerprint density at radius 2 is 1.49 bits per heavy atom. The minimum Gasteiger partial charge on any atom is -0.456 e. The van der Waals surface area contributed by atoms with E-state index >= 15 is 0 Å². The number of hydrogen-bond donors (Lipinski definition) is 2. The normalized spacial score (nSPS) is 20.8. The van der Waals surface area contributed by atoms with Gasteiger partial charge < -0.3 is 20.0 Å². The topological polar surface area (TPSA) is 64.0 Å². The standard InChI is InChI=1S/C46H59N5O2/c1-4-25-51-42-18-9-8-17-41(42)46(2,3)44(51)20-19-36-15-10-16-37-31-40-38(30-39(52)32-43(40)53-45(36)37)34-50-27-12-22-47-23-28-49(26-11-21-48-24-29-50)33-35-13-6-5-7-14-35/h5-9,13-14,17-20,30-32,47-48H,4,10-12,15-16,21-29,33-34H2,1-3H3. The molecular formula is C46H59N5O2. The SMILES string of the molecule is CCCN1C(=CC=C2CCCc3cc4c(CN5CCCNCCN(Cc6ccccc6)CCCNCC5)cc(=O)cc-4oc32)C(C)(C)c2ccccc21. The van der Waals surface area contributed by atoms with Gasteiger partial charge in [0.1, 0.15) is 11.5 Å². The highest BCUT2D eigenvalue weighted by molar-refractivity contribution is 5.75. The molecule has 5 aliphatic rings. The van der Waals surface area contributed by atoms with Gasteiger partial charge in [0.25, 0.3) is 0 Å². The summed E-state index contributed by atoms with van der Waals surface area (Å²) in [6.45, 7) is 17.6. The van der Waals surface area contributed by atoms with Gasteiger partial charge in [0.05, 0.1) is 0 Å². The molecule has 2 N–H and O–H groups in total. The fourth-order valence-electron chi connectivity index (χ4n) is 8.64. The van der Waals surface area contributed by atoms with Gasteiger partial charge in [-0.25, -0.2) is 0 Å². The highest BCUT2D eigenvalue weighted by Gasteiger charge is 2.39. The van der Waals surface area contributed by atoms with Crippen molar-refractivity contribution in [2.45, 2.75) is 77.8 Å². The smallest absolute Gasteiger partial charge is 0.182 e. The molecule has 7 heteroatoms. The van der Waals surface area contributed by atoms with Crippen LogP contribution < -0.4 is 21.0 Å². The predicted octanol–water partition coefficient (Wildman–Crippen LogP) is 7.83. The van der Waals surface area contributed by atoms with Crippen molar-refractivity contribution in [2.75, 3.05) is 63.8 Å². The van der Waals surface area contributed by atoms with Crippen molar-refractivity contribution in [3.63, 3.8) is 0 Å². The number of benzene rings is 3. The van der Waals surface area contributed by atoms with Gasteiger partial charge in [0.2, 0.25) is 0 Å². The Hall–Kier alpha value is -4.01. The fourth-order valence-corrected chi connectivity index (χ4v) is 8.64. The molecule has 0 amide bonds. The van der Waals surface area contributed by atoms with Crippen molar-refractivity contribution in [3.05, 3.63) is 129 Å². The van der Waals surface area contributed by atoms with E-state index in [0.717, 1.165) is 127 Å². The van der Waals surface area contributed by atoms with E-state index in [0.29, 0.717) is 5.76 Å². The van der Waals surface area contributed by atoms with E-state index in [-0.39, 0.29) is 10.8 Å². The van der Waals surface area contributed by atoms with Crippen LogP contribution in [0.1, 0.15) is 80.9 Å². The minimum atomic E-state index is -0.0795. The van der Waals surface area contributed by atoms with Crippen molar-refractivity contribution in [1.82, 2.24) is 20.4 Å². The monoisotopic (exact) mass is 713 g/mol. The Bertz CT molecular complexity index is 1890. The molecule has 2 aromatic rings. The van der Waals surface area contributed by atoms with Crippen molar-refractivity contribution in [3.8, 4) is 11.3 Å². The molecule has 280 valence electrons. The van der Waals surface area contributed by atoms with Crippen molar-refractivity contribution < 1.29 is 4.42 Å². The summed E-state index contributed by atoms with van der Waals surface area (Å²) in [6, 6.07) is 25.5. The molecule has 1 fully saturated rings. The Labute approximate surface area is 317 Å². The molecule has 2 aromatic carbocycles. The highest BCUT2D eigenvalue weighted by atomic mass is 16.3. The number of aryl methyl sites for hydroxylation is 1. The Balaban J connectivity index is 1.07. The van der Waals surface area contributed by atoms with Crippen LogP contribution in [-0.4, -0.2) is 68.7 Å². The minimum absolute atomic E-state index is 0.0160. The van der Waals surface area contributed by atoms with Gasteiger partial charge in [-0.3, -0.25) is 14.6 Å². The molecule has 7 nitrogen and oxygen atoms in total. The van der Waals surface area contributed by atoms with Gasteiger partial charge in [0, 0.05) is 74.2 Å². The second-order valence-corrected chi connectivity index (χ2v) is 15.7. The number of nitrogens with zero attached hydrogens (tertiary/aromatic N) is 3. The number of para-hydroxylation sites is 1. The van der Waals surface area contributed by atoms with Crippen molar-refractivity contribution >= 4 is 11.3 Å². The lowest BCUT2D eigenvalue weighted by molar-refractivity contribution is 0.241. The van der Waals surface area contributed by atoms with Gasteiger partial charge in [-0.05, 0) is 117 Å². The van der Waals surface area contributed by atoms with Crippen LogP contribution in [0.25, 0.3) is 16.9 Å². The molecule has 1 saturated heterocycles. The molecule has 0 atom stereocenters. The van der Waals surface area contributed by atoms with Gasteiger partial charge in [0.15, 0.2) is 5.43 Å². The van der Waals surface area contributed by atoms with E-state index in [2.05, 4.69) is 119 Å². The third-order valence-electron chi connectivity index (χ3n) is 11.4. The van der Waals surface area contributed by atoms with E-state index in [1.54, 1.807) is 6.07 Å². The maximum absolute atomic E-state index is 13.2. The largest absolute Gasteiger partial charge is 0.456 e. The van der Waals surface area contributed by atoms with E-state index in [1.807, 2.05) is 6.07 Å². The lowest BCUT2D eigenvalue weighted by Crippen LogP contribution is -2.38. The number of anilines is 1. The zero-order valence-electron chi connectivity index (χ0n) is 32.3. The average molecular weight is 714 g/mol. The average Bonchev–Trinajstić information content (AvgIpc) is 3.37. The third kappa shape index (κ3) is 8.87. The van der Waals surface area contributed by atoms with Crippen molar-refractivity contribution in [2.24, 2.45) is 0 Å². The van der Waals surface area contributed by atoms with Crippen LogP contribution in [0.4, 0.5) is 5.69 Å². The van der Waals surface area contributed by atoms with Crippen LogP contribution in [0.2, 0.25) is 0 Å². The number of fused-ring (bicyclic) bond motifs is 3. The fraction of sp³-hybridized carbons (Fsp3) is 0.457. The summed E-state index contributed by atoms with van der Waals surface area (Å²) >= 11 is 0. The quantitative estimate of drug-likeness (QED) is 0.203. The summed E-state index contributed by atoms with van der Waals surface area (Å²) in [7, 11) is 0. The summed E-state index contributed by atoms with van der Waals surface area (Å²) < 4.78 is 6.74. The zero-order chi connectivity index (χ0) is 36.6. The molecule has 53 heavy (non-hydrogen) atoms. The molecule has 7 rings (SSSR count). The summed E-state index contributed by atoms with van der Waals surface area (Å²) in [6.07, 6.45) is 11.0. The maximum atomic E-state index is 13.2. The molecule has 0 aromatic heterocycles. The van der Waals surface area contributed by atoms with Gasteiger partial charge in [-0.2, -0.15) is 0 Å². The first-order valence-electron chi connectivity index (χ1n) is 20.2. The van der Waals surface area contributed by atoms with Crippen molar-refractivity contribution in [1.29, 1.82) is 0 Å². The first-order valence-corrected chi connectivity index (χ1v) is 20.2. The molecule has 0 spiro atoms. The van der Waals surface area contributed by atoms with Gasteiger partial charge >= 0.3 is 0 Å². The van der Waals surface area contributed by atoms with Crippen LogP contribution in [-0.2, 0) is 24.9 Å². The molecule has 3 heterocycles. The van der Waals surface area contributed by atoms with Crippen LogP contribution >= 0.6 is 0 Å². The van der Waals surface area contributed by atoms with Gasteiger partial charge in [-0.15, -0.1) is 0 Å². The molecule has 3 aliphatic heterocycles. The molecule has 0 unspecified atom stereocenters. The van der Waals surface area contributed by atoms with Crippen LogP contribution in [0.5, 0.6) is 0 Å². The Morgan fingerprint density at radius 3 is 2.25 bits per heavy atom. The predicted molar refractivity (Wildman–Crippen MR) is 220 cm³/mol. The second-order valence-electron chi connectivity index (χ2n) is 15.7. The number of allylic oxidation sites excluding steroid dienone is 4. The molecular weight excluding hydrogens is 655 g/mol. The molecule has 0 bridgehead atoms. The summed E-state index contributed by atoms with van der Waals surface area (Å²) in [5.41, 5.74) is 9.97. The summed E-state index contributed by atoms with van der Waals surface area (Å²) in [4.78, 5) is 20.7. The highest BCUT2D eigenvalue weighted by Crippen LogP contribution is 2.48. The van der Waals surface area contributed by atoms with Gasteiger partial charge in [-0.1, -0.05) is 75.4 Å². The van der Waals surface area contributed by atoms with Crippen LogP contribution in [0.3, 0.4) is 0 Å². The Morgan fingerprint density at radius 1 is 0.774 bits per heavy atom. The number of rotatable bonds is 7. The van der Waals surface area contributed by atoms with Crippen LogP contribution in [0, 0.1) is 0 Å².